The highest BCUT2D eigenvalue weighted by Crippen LogP contribution is 2.22. The first kappa shape index (κ1) is 14.4. The molecule has 0 fully saturated rings. The molecule has 0 amide bonds. The van der Waals surface area contributed by atoms with Crippen LogP contribution in [0.2, 0.25) is 0 Å². The number of para-hydroxylation sites is 1. The Morgan fingerprint density at radius 1 is 1.18 bits per heavy atom. The van der Waals surface area contributed by atoms with Gasteiger partial charge in [-0.25, -0.2) is 0 Å². The quantitative estimate of drug-likeness (QED) is 0.478. The molecule has 0 aliphatic rings. The number of halogens is 1. The third kappa shape index (κ3) is 5.45. The number of hydrogen-bond acceptors (Lipinski definition) is 1. The second-order valence-electron chi connectivity index (χ2n) is 4.37. The van der Waals surface area contributed by atoms with Gasteiger partial charge in [-0.05, 0) is 30.9 Å². The van der Waals surface area contributed by atoms with E-state index >= 15 is 0 Å². The zero-order valence-corrected chi connectivity index (χ0v) is 11.7. The van der Waals surface area contributed by atoms with E-state index in [0.29, 0.717) is 0 Å². The van der Waals surface area contributed by atoms with Gasteiger partial charge in [0, 0.05) is 5.38 Å². The van der Waals surface area contributed by atoms with Crippen LogP contribution in [-0.4, -0.2) is 12.0 Å². The monoisotopic (exact) mass is 254 g/mol. The predicted octanol–water partition coefficient (Wildman–Crippen LogP) is 4.82. The van der Waals surface area contributed by atoms with Crippen LogP contribution >= 0.6 is 11.6 Å². The second kappa shape index (κ2) is 8.41. The molecule has 0 aliphatic carbocycles. The first-order valence-electron chi connectivity index (χ1n) is 6.62. The Labute approximate surface area is 110 Å². The first-order valence-corrected chi connectivity index (χ1v) is 7.06. The topological polar surface area (TPSA) is 9.23 Å². The van der Waals surface area contributed by atoms with Crippen molar-refractivity contribution in [2.75, 3.05) is 6.61 Å². The van der Waals surface area contributed by atoms with Crippen LogP contribution in [-0.2, 0) is 6.42 Å². The summed E-state index contributed by atoms with van der Waals surface area (Å²) in [4.78, 5) is 0. The average Bonchev–Trinajstić information content (AvgIpc) is 2.36. The molecule has 1 nitrogen and oxygen atoms in total. The van der Waals surface area contributed by atoms with Crippen molar-refractivity contribution in [2.45, 2.75) is 51.3 Å². The molecule has 1 atom stereocenters. The van der Waals surface area contributed by atoms with Crippen molar-refractivity contribution in [3.63, 3.8) is 0 Å². The molecule has 0 saturated carbocycles. The van der Waals surface area contributed by atoms with E-state index in [2.05, 4.69) is 19.9 Å². The Balaban J connectivity index is 2.51. The fourth-order valence-corrected chi connectivity index (χ4v) is 1.90. The molecule has 96 valence electrons. The van der Waals surface area contributed by atoms with Crippen LogP contribution in [0.15, 0.2) is 24.3 Å². The lowest BCUT2D eigenvalue weighted by atomic mass is 10.1. The van der Waals surface area contributed by atoms with Gasteiger partial charge in [0.1, 0.15) is 5.75 Å². The lowest BCUT2D eigenvalue weighted by Crippen LogP contribution is -2.05. The molecule has 0 N–H and O–H groups in total. The van der Waals surface area contributed by atoms with Crippen molar-refractivity contribution in [3.05, 3.63) is 29.8 Å². The Hall–Kier alpha value is -0.690. The van der Waals surface area contributed by atoms with E-state index in [9.17, 15) is 0 Å². The normalized spacial score (nSPS) is 12.4. The fourth-order valence-electron chi connectivity index (χ4n) is 1.73. The van der Waals surface area contributed by atoms with Crippen LogP contribution in [0.3, 0.4) is 0 Å². The van der Waals surface area contributed by atoms with Gasteiger partial charge in [0.25, 0.3) is 0 Å². The van der Waals surface area contributed by atoms with E-state index in [0.717, 1.165) is 31.6 Å². The fraction of sp³-hybridized carbons (Fsp3) is 0.600. The third-order valence-corrected chi connectivity index (χ3v) is 3.33. The first-order chi connectivity index (χ1) is 8.27. The molecular formula is C15H23ClO. The zero-order valence-electron chi connectivity index (χ0n) is 10.9. The minimum Gasteiger partial charge on any atom is -0.493 e. The Bertz CT molecular complexity index is 312. The molecule has 1 unspecified atom stereocenters. The highest BCUT2D eigenvalue weighted by molar-refractivity contribution is 6.20. The molecule has 0 radical (unpaired) electrons. The molecule has 1 rings (SSSR count). The summed E-state index contributed by atoms with van der Waals surface area (Å²) in [6, 6.07) is 8.22. The summed E-state index contributed by atoms with van der Waals surface area (Å²) >= 11 is 6.20. The molecule has 0 heterocycles. The maximum absolute atomic E-state index is 6.20. The number of rotatable bonds is 8. The summed E-state index contributed by atoms with van der Waals surface area (Å²) in [5.41, 5.74) is 1.23. The Morgan fingerprint density at radius 2 is 1.94 bits per heavy atom. The van der Waals surface area contributed by atoms with Crippen LogP contribution < -0.4 is 4.74 Å². The SMILES string of the molecule is CCCCCOc1ccccc1CC(Cl)CC. The van der Waals surface area contributed by atoms with Crippen molar-refractivity contribution in [3.8, 4) is 5.75 Å². The molecule has 2 heteroatoms. The van der Waals surface area contributed by atoms with E-state index in [-0.39, 0.29) is 5.38 Å². The van der Waals surface area contributed by atoms with Crippen LogP contribution in [0.1, 0.15) is 45.1 Å². The van der Waals surface area contributed by atoms with Crippen LogP contribution in [0.25, 0.3) is 0 Å². The predicted molar refractivity (Wildman–Crippen MR) is 75.1 cm³/mol. The minimum atomic E-state index is 0.204. The smallest absolute Gasteiger partial charge is 0.122 e. The van der Waals surface area contributed by atoms with E-state index in [1.54, 1.807) is 0 Å². The maximum Gasteiger partial charge on any atom is 0.122 e. The van der Waals surface area contributed by atoms with E-state index in [4.69, 9.17) is 16.3 Å². The largest absolute Gasteiger partial charge is 0.493 e. The number of ether oxygens (including phenoxy) is 1. The number of unbranched alkanes of at least 4 members (excludes halogenated alkanes) is 2. The highest BCUT2D eigenvalue weighted by Gasteiger charge is 2.08. The van der Waals surface area contributed by atoms with E-state index in [1.165, 1.54) is 18.4 Å². The molecule has 0 aromatic heterocycles. The Kier molecular flexibility index (Phi) is 7.11. The maximum atomic E-state index is 6.20. The summed E-state index contributed by atoms with van der Waals surface area (Å²) < 4.78 is 5.83. The molecule has 0 saturated heterocycles. The van der Waals surface area contributed by atoms with Crippen molar-refractivity contribution in [1.29, 1.82) is 0 Å². The summed E-state index contributed by atoms with van der Waals surface area (Å²) in [5.74, 6) is 1.00. The van der Waals surface area contributed by atoms with Gasteiger partial charge in [-0.1, -0.05) is 44.9 Å². The van der Waals surface area contributed by atoms with Crippen molar-refractivity contribution >= 4 is 11.6 Å². The molecule has 0 bridgehead atoms. The highest BCUT2D eigenvalue weighted by atomic mass is 35.5. The lowest BCUT2D eigenvalue weighted by Gasteiger charge is -2.13. The minimum absolute atomic E-state index is 0.204. The van der Waals surface area contributed by atoms with Gasteiger partial charge in [0.2, 0.25) is 0 Å². The van der Waals surface area contributed by atoms with Crippen molar-refractivity contribution in [2.24, 2.45) is 0 Å². The third-order valence-electron chi connectivity index (χ3n) is 2.86. The van der Waals surface area contributed by atoms with Gasteiger partial charge in [0.15, 0.2) is 0 Å². The van der Waals surface area contributed by atoms with Crippen molar-refractivity contribution < 1.29 is 4.74 Å². The van der Waals surface area contributed by atoms with E-state index in [1.807, 2.05) is 18.2 Å². The Morgan fingerprint density at radius 3 is 2.65 bits per heavy atom. The summed E-state index contributed by atoms with van der Waals surface area (Å²) in [7, 11) is 0. The molecule has 0 aliphatic heterocycles. The number of benzene rings is 1. The zero-order chi connectivity index (χ0) is 12.5. The van der Waals surface area contributed by atoms with Crippen LogP contribution in [0, 0.1) is 0 Å². The summed E-state index contributed by atoms with van der Waals surface area (Å²) in [6.45, 7) is 5.12. The second-order valence-corrected chi connectivity index (χ2v) is 4.99. The van der Waals surface area contributed by atoms with Gasteiger partial charge >= 0.3 is 0 Å². The van der Waals surface area contributed by atoms with Gasteiger partial charge in [0.05, 0.1) is 6.61 Å². The lowest BCUT2D eigenvalue weighted by molar-refractivity contribution is 0.303. The number of alkyl halides is 1. The summed E-state index contributed by atoms with van der Waals surface area (Å²) in [5, 5.41) is 0.204. The molecular weight excluding hydrogens is 232 g/mol. The molecule has 1 aromatic carbocycles. The molecule has 1 aromatic rings. The van der Waals surface area contributed by atoms with Crippen molar-refractivity contribution in [1.82, 2.24) is 0 Å². The van der Waals surface area contributed by atoms with Gasteiger partial charge < -0.3 is 4.74 Å². The van der Waals surface area contributed by atoms with E-state index < -0.39 is 0 Å². The molecule has 17 heavy (non-hydrogen) atoms. The number of hydrogen-bond donors (Lipinski definition) is 0. The van der Waals surface area contributed by atoms with Crippen LogP contribution in [0.4, 0.5) is 0 Å². The summed E-state index contributed by atoms with van der Waals surface area (Å²) in [6.07, 6.45) is 5.47. The van der Waals surface area contributed by atoms with Gasteiger partial charge in [-0.2, -0.15) is 0 Å². The molecule has 0 spiro atoms. The average molecular weight is 255 g/mol. The standard InChI is InChI=1S/C15H23ClO/c1-3-5-8-11-17-15-10-7-6-9-13(15)12-14(16)4-2/h6-7,9-10,14H,3-5,8,11-12H2,1-2H3. The van der Waals surface area contributed by atoms with Gasteiger partial charge in [-0.3, -0.25) is 0 Å². The van der Waals surface area contributed by atoms with Crippen LogP contribution in [0.5, 0.6) is 5.75 Å². The van der Waals surface area contributed by atoms with Gasteiger partial charge in [-0.15, -0.1) is 11.6 Å².